The zero-order valence-electron chi connectivity index (χ0n) is 9.23. The highest BCUT2D eigenvalue weighted by molar-refractivity contribution is 5.91. The summed E-state index contributed by atoms with van der Waals surface area (Å²) in [6.07, 6.45) is 3.36. The van der Waals surface area contributed by atoms with Gasteiger partial charge in [0.05, 0.1) is 18.2 Å². The summed E-state index contributed by atoms with van der Waals surface area (Å²) in [5.74, 6) is -0.388. The number of rotatable bonds is 2. The Hall–Kier alpha value is -2.54. The Morgan fingerprint density at radius 3 is 2.94 bits per heavy atom. The predicted octanol–water partition coefficient (Wildman–Crippen LogP) is 2.34. The number of nitriles is 1. The molecule has 0 aliphatic heterocycles. The fourth-order valence-corrected chi connectivity index (χ4v) is 1.63. The van der Waals surface area contributed by atoms with Crippen molar-refractivity contribution in [3.05, 3.63) is 47.8 Å². The second-order valence-corrected chi connectivity index (χ2v) is 3.47. The number of H-pyrrole nitrogens is 1. The van der Waals surface area contributed by atoms with Gasteiger partial charge in [-0.1, -0.05) is 12.1 Å². The first kappa shape index (κ1) is 11.0. The second-order valence-electron chi connectivity index (χ2n) is 3.47. The molecule has 17 heavy (non-hydrogen) atoms. The minimum absolute atomic E-state index is 0.388. The molecule has 1 aromatic carbocycles. The standard InChI is InChI=1S/C13H10N2O2/c1-17-13(16)10-4-2-3-9(5-10)12-8-15-7-11(12)6-14/h2-5,7-8,15H,1H3. The molecule has 0 atom stereocenters. The largest absolute Gasteiger partial charge is 0.465 e. The second kappa shape index (κ2) is 4.54. The van der Waals surface area contributed by atoms with Gasteiger partial charge in [0.25, 0.3) is 0 Å². The number of ether oxygens (including phenoxy) is 1. The maximum Gasteiger partial charge on any atom is 0.337 e. The molecule has 84 valence electrons. The summed E-state index contributed by atoms with van der Waals surface area (Å²) >= 11 is 0. The fourth-order valence-electron chi connectivity index (χ4n) is 1.63. The Balaban J connectivity index is 2.47. The molecule has 0 unspecified atom stereocenters. The lowest BCUT2D eigenvalue weighted by molar-refractivity contribution is 0.0601. The Kier molecular flexibility index (Phi) is 2.93. The summed E-state index contributed by atoms with van der Waals surface area (Å²) in [6, 6.07) is 9.07. The summed E-state index contributed by atoms with van der Waals surface area (Å²) in [7, 11) is 1.34. The smallest absolute Gasteiger partial charge is 0.337 e. The van der Waals surface area contributed by atoms with E-state index in [0.717, 1.165) is 11.1 Å². The summed E-state index contributed by atoms with van der Waals surface area (Å²) in [5.41, 5.74) is 2.60. The molecule has 0 aliphatic carbocycles. The molecule has 2 aromatic rings. The minimum atomic E-state index is -0.388. The number of nitrogens with zero attached hydrogens (tertiary/aromatic N) is 1. The van der Waals surface area contributed by atoms with Crippen molar-refractivity contribution >= 4 is 5.97 Å². The highest BCUT2D eigenvalue weighted by atomic mass is 16.5. The number of nitrogens with one attached hydrogen (secondary N) is 1. The van der Waals surface area contributed by atoms with E-state index in [4.69, 9.17) is 5.26 Å². The van der Waals surface area contributed by atoms with Gasteiger partial charge in [0.1, 0.15) is 6.07 Å². The quantitative estimate of drug-likeness (QED) is 0.799. The van der Waals surface area contributed by atoms with Gasteiger partial charge in [0.2, 0.25) is 0 Å². The van der Waals surface area contributed by atoms with Crippen LogP contribution in [-0.4, -0.2) is 18.1 Å². The van der Waals surface area contributed by atoms with Crippen molar-refractivity contribution < 1.29 is 9.53 Å². The number of aromatic amines is 1. The van der Waals surface area contributed by atoms with E-state index in [1.54, 1.807) is 30.6 Å². The number of hydrogen-bond donors (Lipinski definition) is 1. The third kappa shape index (κ3) is 2.04. The lowest BCUT2D eigenvalue weighted by Gasteiger charge is -2.02. The lowest BCUT2D eigenvalue weighted by Crippen LogP contribution is -2.00. The number of hydrogen-bond acceptors (Lipinski definition) is 3. The van der Waals surface area contributed by atoms with Gasteiger partial charge in [-0.25, -0.2) is 4.79 Å². The molecule has 2 rings (SSSR count). The Morgan fingerprint density at radius 2 is 2.24 bits per heavy atom. The summed E-state index contributed by atoms with van der Waals surface area (Å²) in [5, 5.41) is 8.93. The van der Waals surface area contributed by atoms with Gasteiger partial charge in [0.15, 0.2) is 0 Å². The van der Waals surface area contributed by atoms with E-state index in [2.05, 4.69) is 15.8 Å². The van der Waals surface area contributed by atoms with Crippen LogP contribution in [0.1, 0.15) is 15.9 Å². The summed E-state index contributed by atoms with van der Waals surface area (Å²) in [6.45, 7) is 0. The van der Waals surface area contributed by atoms with Gasteiger partial charge in [0, 0.05) is 18.0 Å². The molecule has 0 bridgehead atoms. The van der Waals surface area contributed by atoms with Crippen LogP contribution in [0.5, 0.6) is 0 Å². The van der Waals surface area contributed by atoms with Gasteiger partial charge < -0.3 is 9.72 Å². The molecule has 1 heterocycles. The van der Waals surface area contributed by atoms with Crippen LogP contribution in [-0.2, 0) is 4.74 Å². The van der Waals surface area contributed by atoms with Gasteiger partial charge in [-0.15, -0.1) is 0 Å². The van der Waals surface area contributed by atoms with E-state index in [0.29, 0.717) is 11.1 Å². The molecular formula is C13H10N2O2. The third-order valence-electron chi connectivity index (χ3n) is 2.46. The fraction of sp³-hybridized carbons (Fsp3) is 0.0769. The van der Waals surface area contributed by atoms with Gasteiger partial charge in [-0.05, 0) is 17.7 Å². The zero-order chi connectivity index (χ0) is 12.3. The van der Waals surface area contributed by atoms with Crippen molar-refractivity contribution in [1.82, 2.24) is 4.98 Å². The Bertz CT molecular complexity index is 593. The molecule has 0 fully saturated rings. The molecule has 4 nitrogen and oxygen atoms in total. The first-order chi connectivity index (χ1) is 8.26. The van der Waals surface area contributed by atoms with Gasteiger partial charge >= 0.3 is 5.97 Å². The van der Waals surface area contributed by atoms with Crippen LogP contribution in [0.4, 0.5) is 0 Å². The van der Waals surface area contributed by atoms with Crippen molar-refractivity contribution in [2.75, 3.05) is 7.11 Å². The van der Waals surface area contributed by atoms with Crippen molar-refractivity contribution in [2.24, 2.45) is 0 Å². The monoisotopic (exact) mass is 226 g/mol. The molecule has 0 spiro atoms. The first-order valence-corrected chi connectivity index (χ1v) is 5.02. The highest BCUT2D eigenvalue weighted by Crippen LogP contribution is 2.23. The number of carbonyl (C=O) groups excluding carboxylic acids is 1. The summed E-state index contributed by atoms with van der Waals surface area (Å²) < 4.78 is 4.65. The first-order valence-electron chi connectivity index (χ1n) is 5.02. The van der Waals surface area contributed by atoms with Crippen LogP contribution in [0.3, 0.4) is 0 Å². The molecule has 0 aliphatic rings. The van der Waals surface area contributed by atoms with E-state index in [-0.39, 0.29) is 5.97 Å². The maximum atomic E-state index is 11.4. The molecule has 0 radical (unpaired) electrons. The van der Waals surface area contributed by atoms with Crippen LogP contribution in [0, 0.1) is 11.3 Å². The highest BCUT2D eigenvalue weighted by Gasteiger charge is 2.09. The van der Waals surface area contributed by atoms with Crippen molar-refractivity contribution in [2.45, 2.75) is 0 Å². The van der Waals surface area contributed by atoms with Gasteiger partial charge in [-0.3, -0.25) is 0 Å². The zero-order valence-corrected chi connectivity index (χ0v) is 9.23. The molecule has 0 saturated carbocycles. The maximum absolute atomic E-state index is 11.4. The van der Waals surface area contributed by atoms with E-state index in [1.807, 2.05) is 6.07 Å². The Labute approximate surface area is 98.5 Å². The number of methoxy groups -OCH3 is 1. The third-order valence-corrected chi connectivity index (χ3v) is 2.46. The van der Waals surface area contributed by atoms with Crippen LogP contribution in [0.15, 0.2) is 36.7 Å². The molecule has 0 saturated heterocycles. The molecular weight excluding hydrogens is 216 g/mol. The number of benzene rings is 1. The van der Waals surface area contributed by atoms with Crippen LogP contribution in [0.2, 0.25) is 0 Å². The Morgan fingerprint density at radius 1 is 1.41 bits per heavy atom. The van der Waals surface area contributed by atoms with Crippen molar-refractivity contribution in [3.8, 4) is 17.2 Å². The lowest BCUT2D eigenvalue weighted by atomic mass is 10.0. The van der Waals surface area contributed by atoms with Crippen LogP contribution >= 0.6 is 0 Å². The number of carbonyl (C=O) groups is 1. The van der Waals surface area contributed by atoms with Crippen LogP contribution in [0.25, 0.3) is 11.1 Å². The van der Waals surface area contributed by atoms with E-state index < -0.39 is 0 Å². The van der Waals surface area contributed by atoms with E-state index in [9.17, 15) is 4.79 Å². The van der Waals surface area contributed by atoms with E-state index >= 15 is 0 Å². The SMILES string of the molecule is COC(=O)c1cccc(-c2c[nH]cc2C#N)c1. The van der Waals surface area contributed by atoms with E-state index in [1.165, 1.54) is 7.11 Å². The normalized spacial score (nSPS) is 9.65. The van der Waals surface area contributed by atoms with Gasteiger partial charge in [-0.2, -0.15) is 5.26 Å². The van der Waals surface area contributed by atoms with Crippen LogP contribution < -0.4 is 0 Å². The average molecular weight is 226 g/mol. The van der Waals surface area contributed by atoms with Crippen molar-refractivity contribution in [1.29, 1.82) is 5.26 Å². The molecule has 4 heteroatoms. The minimum Gasteiger partial charge on any atom is -0.465 e. The molecule has 1 N–H and O–H groups in total. The topological polar surface area (TPSA) is 65.9 Å². The number of aromatic nitrogens is 1. The van der Waals surface area contributed by atoms with Crippen molar-refractivity contribution in [3.63, 3.8) is 0 Å². The predicted molar refractivity (Wildman–Crippen MR) is 62.3 cm³/mol. The average Bonchev–Trinajstić information content (AvgIpc) is 2.86. The number of esters is 1. The molecule has 1 aromatic heterocycles. The molecule has 0 amide bonds. The summed E-state index contributed by atoms with van der Waals surface area (Å²) in [4.78, 5) is 14.3.